The topological polar surface area (TPSA) is 47.9 Å². The summed E-state index contributed by atoms with van der Waals surface area (Å²) in [6, 6.07) is 9.97. The first-order valence-electron chi connectivity index (χ1n) is 6.45. The number of halogens is 1. The number of methoxy groups -OCH3 is 1. The fourth-order valence-corrected chi connectivity index (χ4v) is 4.19. The van der Waals surface area contributed by atoms with E-state index in [-0.39, 0.29) is 0 Å². The zero-order valence-corrected chi connectivity index (χ0v) is 14.9. The summed E-state index contributed by atoms with van der Waals surface area (Å²) in [5.74, 6) is 1.67. The van der Waals surface area contributed by atoms with Crippen molar-refractivity contribution < 1.29 is 4.74 Å². The van der Waals surface area contributed by atoms with Gasteiger partial charge in [0.25, 0.3) is 0 Å². The van der Waals surface area contributed by atoms with E-state index in [1.54, 1.807) is 42.6 Å². The van der Waals surface area contributed by atoms with Gasteiger partial charge in [-0.05, 0) is 45.8 Å². The van der Waals surface area contributed by atoms with Crippen LogP contribution in [-0.4, -0.2) is 22.3 Å². The molecule has 0 N–H and O–H groups in total. The van der Waals surface area contributed by atoms with E-state index < -0.39 is 0 Å². The van der Waals surface area contributed by atoms with Crippen LogP contribution in [-0.2, 0) is 5.75 Å². The predicted octanol–water partition coefficient (Wildman–Crippen LogP) is 4.66. The minimum Gasteiger partial charge on any atom is -0.496 e. The van der Waals surface area contributed by atoms with E-state index in [1.165, 1.54) is 5.56 Å². The summed E-state index contributed by atoms with van der Waals surface area (Å²) >= 11 is 6.76. The maximum absolute atomic E-state index is 5.24. The van der Waals surface area contributed by atoms with Crippen molar-refractivity contribution in [1.82, 2.24) is 15.2 Å². The van der Waals surface area contributed by atoms with E-state index in [0.29, 0.717) is 0 Å². The van der Waals surface area contributed by atoms with Crippen LogP contribution in [0.15, 0.2) is 51.5 Å². The first kappa shape index (κ1) is 15.5. The van der Waals surface area contributed by atoms with Gasteiger partial charge < -0.3 is 4.74 Å². The Morgan fingerprint density at radius 3 is 2.91 bits per heavy atom. The predicted molar refractivity (Wildman–Crippen MR) is 93.4 cm³/mol. The van der Waals surface area contributed by atoms with Crippen LogP contribution in [0.2, 0.25) is 0 Å². The van der Waals surface area contributed by atoms with Crippen LogP contribution in [0.1, 0.15) is 5.56 Å². The molecular formula is C15H12BrN3OS2. The van der Waals surface area contributed by atoms with Crippen molar-refractivity contribution >= 4 is 39.0 Å². The number of hydrogen-bond acceptors (Lipinski definition) is 6. The zero-order valence-electron chi connectivity index (χ0n) is 11.7. The molecule has 0 aliphatic rings. The molecule has 0 spiro atoms. The van der Waals surface area contributed by atoms with Crippen LogP contribution in [0.3, 0.4) is 0 Å². The Balaban J connectivity index is 1.67. The molecule has 0 fully saturated rings. The summed E-state index contributed by atoms with van der Waals surface area (Å²) in [6.07, 6.45) is 3.55. The molecule has 0 aliphatic carbocycles. The summed E-state index contributed by atoms with van der Waals surface area (Å²) < 4.78 is 7.14. The largest absolute Gasteiger partial charge is 0.496 e. The van der Waals surface area contributed by atoms with Crippen LogP contribution in [0, 0.1) is 0 Å². The van der Waals surface area contributed by atoms with E-state index in [1.807, 2.05) is 18.2 Å². The summed E-state index contributed by atoms with van der Waals surface area (Å²) in [5, 5.41) is 9.35. The van der Waals surface area contributed by atoms with Gasteiger partial charge in [0, 0.05) is 23.7 Å². The second kappa shape index (κ2) is 7.21. The highest BCUT2D eigenvalue weighted by Gasteiger charge is 2.08. The molecule has 7 heteroatoms. The number of hydrogen-bond donors (Lipinski definition) is 0. The van der Waals surface area contributed by atoms with Gasteiger partial charge in [-0.2, -0.15) is 0 Å². The zero-order chi connectivity index (χ0) is 15.4. The number of rotatable bonds is 5. The maximum Gasteiger partial charge on any atom is 0.174 e. The van der Waals surface area contributed by atoms with Crippen molar-refractivity contribution in [2.75, 3.05) is 7.11 Å². The molecule has 0 saturated heterocycles. The number of thioether (sulfide) groups is 1. The Hall–Kier alpha value is -1.44. The lowest BCUT2D eigenvalue weighted by molar-refractivity contribution is 0.412. The molecule has 112 valence electrons. The van der Waals surface area contributed by atoms with Crippen LogP contribution < -0.4 is 4.74 Å². The van der Waals surface area contributed by atoms with Gasteiger partial charge in [0.15, 0.2) is 4.34 Å². The molecule has 0 amide bonds. The normalized spacial score (nSPS) is 10.6. The van der Waals surface area contributed by atoms with Crippen LogP contribution in [0.5, 0.6) is 5.75 Å². The SMILES string of the molecule is COc1ccc(CSc2nnc(-c3cccnc3)s2)cc1Br. The third-order valence-corrected chi connectivity index (χ3v) is 5.69. The molecule has 0 radical (unpaired) electrons. The first-order chi connectivity index (χ1) is 10.8. The van der Waals surface area contributed by atoms with Crippen LogP contribution in [0.25, 0.3) is 10.6 Å². The highest BCUT2D eigenvalue weighted by Crippen LogP contribution is 2.32. The summed E-state index contributed by atoms with van der Waals surface area (Å²) in [6.45, 7) is 0. The molecule has 2 aromatic heterocycles. The highest BCUT2D eigenvalue weighted by molar-refractivity contribution is 9.10. The van der Waals surface area contributed by atoms with E-state index in [9.17, 15) is 0 Å². The Morgan fingerprint density at radius 2 is 2.18 bits per heavy atom. The van der Waals surface area contributed by atoms with E-state index in [4.69, 9.17) is 4.74 Å². The van der Waals surface area contributed by atoms with Gasteiger partial charge in [0.1, 0.15) is 10.8 Å². The van der Waals surface area contributed by atoms with Crippen molar-refractivity contribution in [3.8, 4) is 16.3 Å². The Morgan fingerprint density at radius 1 is 1.27 bits per heavy atom. The van der Waals surface area contributed by atoms with Gasteiger partial charge in [0.05, 0.1) is 11.6 Å². The summed E-state index contributed by atoms with van der Waals surface area (Å²) in [5.41, 5.74) is 2.20. The summed E-state index contributed by atoms with van der Waals surface area (Å²) in [4.78, 5) is 4.10. The van der Waals surface area contributed by atoms with Crippen molar-refractivity contribution in [3.05, 3.63) is 52.8 Å². The lowest BCUT2D eigenvalue weighted by Gasteiger charge is -2.05. The summed E-state index contributed by atoms with van der Waals surface area (Å²) in [7, 11) is 1.66. The first-order valence-corrected chi connectivity index (χ1v) is 9.05. The average molecular weight is 394 g/mol. The molecule has 4 nitrogen and oxygen atoms in total. The molecule has 3 rings (SSSR count). The van der Waals surface area contributed by atoms with E-state index in [2.05, 4.69) is 43.2 Å². The van der Waals surface area contributed by atoms with Crippen molar-refractivity contribution in [1.29, 1.82) is 0 Å². The van der Waals surface area contributed by atoms with Gasteiger partial charge in [-0.25, -0.2) is 0 Å². The highest BCUT2D eigenvalue weighted by atomic mass is 79.9. The van der Waals surface area contributed by atoms with Gasteiger partial charge in [0.2, 0.25) is 0 Å². The average Bonchev–Trinajstić information content (AvgIpc) is 3.03. The fourth-order valence-electron chi connectivity index (χ4n) is 1.82. The lowest BCUT2D eigenvalue weighted by atomic mass is 10.2. The molecule has 22 heavy (non-hydrogen) atoms. The van der Waals surface area contributed by atoms with E-state index in [0.717, 1.165) is 30.9 Å². The Bertz CT molecular complexity index is 764. The number of aromatic nitrogens is 3. The molecular weight excluding hydrogens is 382 g/mol. The molecule has 2 heterocycles. The monoisotopic (exact) mass is 393 g/mol. The van der Waals surface area contributed by atoms with Crippen LogP contribution >= 0.6 is 39.0 Å². The molecule has 0 aliphatic heterocycles. The number of benzene rings is 1. The van der Waals surface area contributed by atoms with Crippen LogP contribution in [0.4, 0.5) is 0 Å². The number of nitrogens with zero attached hydrogens (tertiary/aromatic N) is 3. The smallest absolute Gasteiger partial charge is 0.174 e. The van der Waals surface area contributed by atoms with Crippen molar-refractivity contribution in [2.45, 2.75) is 10.1 Å². The van der Waals surface area contributed by atoms with Gasteiger partial charge in [-0.1, -0.05) is 29.2 Å². The van der Waals surface area contributed by atoms with E-state index >= 15 is 0 Å². The Kier molecular flexibility index (Phi) is 5.07. The second-order valence-corrected chi connectivity index (χ2v) is 7.43. The quantitative estimate of drug-likeness (QED) is 0.589. The van der Waals surface area contributed by atoms with Crippen molar-refractivity contribution in [3.63, 3.8) is 0 Å². The second-order valence-electron chi connectivity index (χ2n) is 4.37. The third kappa shape index (κ3) is 3.66. The van der Waals surface area contributed by atoms with Gasteiger partial charge in [-0.15, -0.1) is 10.2 Å². The standard InChI is InChI=1S/C15H12BrN3OS2/c1-20-13-5-4-10(7-12(13)16)9-21-15-19-18-14(22-15)11-3-2-6-17-8-11/h2-8H,9H2,1H3. The molecule has 0 unspecified atom stereocenters. The molecule has 3 aromatic rings. The number of ether oxygens (including phenoxy) is 1. The van der Waals surface area contributed by atoms with Gasteiger partial charge >= 0.3 is 0 Å². The third-order valence-electron chi connectivity index (χ3n) is 2.89. The molecule has 1 aromatic carbocycles. The maximum atomic E-state index is 5.24. The molecule has 0 saturated carbocycles. The van der Waals surface area contributed by atoms with Gasteiger partial charge in [-0.3, -0.25) is 4.98 Å². The van der Waals surface area contributed by atoms with Crippen molar-refractivity contribution in [2.24, 2.45) is 0 Å². The fraction of sp³-hybridized carbons (Fsp3) is 0.133. The lowest BCUT2D eigenvalue weighted by Crippen LogP contribution is -1.86. The minimum absolute atomic E-state index is 0.837. The Labute approximate surface area is 145 Å². The number of pyridine rings is 1. The molecule has 0 atom stereocenters. The minimum atomic E-state index is 0.837. The molecule has 0 bridgehead atoms.